The predicted molar refractivity (Wildman–Crippen MR) is 54.1 cm³/mol. The van der Waals surface area contributed by atoms with Crippen LogP contribution in [0.1, 0.15) is 17.9 Å². The normalized spacial score (nSPS) is 15.6. The second kappa shape index (κ2) is 4.48. The van der Waals surface area contributed by atoms with Crippen molar-refractivity contribution >= 4 is 11.8 Å². The van der Waals surface area contributed by atoms with E-state index in [4.69, 9.17) is 5.73 Å². The maximum atomic E-state index is 5.82. The summed E-state index contributed by atoms with van der Waals surface area (Å²) in [5.41, 5.74) is 6.89. The molecule has 66 valence electrons. The van der Waals surface area contributed by atoms with Crippen LogP contribution in [0.3, 0.4) is 0 Å². The minimum atomic E-state index is 0.148. The Balaban J connectivity index is 2.80. The lowest BCUT2D eigenvalue weighted by molar-refractivity contribution is 0.707. The molecule has 0 aliphatic heterocycles. The summed E-state index contributed by atoms with van der Waals surface area (Å²) in [5, 5.41) is 0.311. The van der Waals surface area contributed by atoms with E-state index in [1.54, 1.807) is 18.0 Å². The molecule has 0 spiro atoms. The maximum absolute atomic E-state index is 5.82. The molecule has 12 heavy (non-hydrogen) atoms. The van der Waals surface area contributed by atoms with Gasteiger partial charge >= 0.3 is 0 Å². The van der Waals surface area contributed by atoms with Crippen molar-refractivity contribution in [2.75, 3.05) is 6.26 Å². The lowest BCUT2D eigenvalue weighted by Gasteiger charge is -2.17. The number of hydrogen-bond acceptors (Lipinski definition) is 3. The van der Waals surface area contributed by atoms with Crippen molar-refractivity contribution in [3.63, 3.8) is 0 Å². The van der Waals surface area contributed by atoms with Gasteiger partial charge in [-0.15, -0.1) is 0 Å². The Labute approximate surface area is 77.6 Å². The molecule has 0 bridgehead atoms. The predicted octanol–water partition coefficient (Wildman–Crippen LogP) is 1.83. The summed E-state index contributed by atoms with van der Waals surface area (Å²) in [7, 11) is 0. The van der Waals surface area contributed by atoms with Gasteiger partial charge in [0.05, 0.1) is 10.9 Å². The van der Waals surface area contributed by atoms with Crippen molar-refractivity contribution in [2.45, 2.75) is 18.2 Å². The molecule has 1 aromatic rings. The smallest absolute Gasteiger partial charge is 0.0615 e. The third kappa shape index (κ3) is 2.22. The molecule has 1 rings (SSSR count). The first-order valence-electron chi connectivity index (χ1n) is 3.95. The Morgan fingerprint density at radius 2 is 2.25 bits per heavy atom. The highest BCUT2D eigenvalue weighted by Crippen LogP contribution is 2.26. The first-order chi connectivity index (χ1) is 5.75. The highest BCUT2D eigenvalue weighted by atomic mass is 32.2. The van der Waals surface area contributed by atoms with E-state index < -0.39 is 0 Å². The highest BCUT2D eigenvalue weighted by molar-refractivity contribution is 7.98. The average Bonchev–Trinajstić information content (AvgIpc) is 2.07. The van der Waals surface area contributed by atoms with Crippen LogP contribution in [-0.4, -0.2) is 17.3 Å². The molecular weight excluding hydrogens is 168 g/mol. The van der Waals surface area contributed by atoms with Gasteiger partial charge in [-0.1, -0.05) is 6.07 Å². The second-order valence-electron chi connectivity index (χ2n) is 2.77. The molecule has 1 heterocycles. The third-order valence-corrected chi connectivity index (χ3v) is 2.89. The zero-order valence-corrected chi connectivity index (χ0v) is 8.21. The lowest BCUT2D eigenvalue weighted by atomic mass is 10.2. The van der Waals surface area contributed by atoms with Crippen molar-refractivity contribution in [1.29, 1.82) is 0 Å². The number of thioether (sulfide) groups is 1. The number of aromatic nitrogens is 1. The minimum Gasteiger partial charge on any atom is -0.327 e. The van der Waals surface area contributed by atoms with Crippen LogP contribution < -0.4 is 5.73 Å². The number of nitrogens with zero attached hydrogens (tertiary/aromatic N) is 1. The molecule has 0 radical (unpaired) electrons. The SMILES string of the molecule is CSC(c1ccccn1)C(C)N. The standard InChI is InChI=1S/C9H14N2S/c1-7(10)9(12-2)8-5-3-4-6-11-8/h3-7,9H,10H2,1-2H3. The maximum Gasteiger partial charge on any atom is 0.0615 e. The van der Waals surface area contributed by atoms with Gasteiger partial charge in [0.15, 0.2) is 0 Å². The van der Waals surface area contributed by atoms with Crippen molar-refractivity contribution in [3.05, 3.63) is 30.1 Å². The molecule has 0 amide bonds. The van der Waals surface area contributed by atoms with E-state index >= 15 is 0 Å². The highest BCUT2D eigenvalue weighted by Gasteiger charge is 2.14. The van der Waals surface area contributed by atoms with Crippen molar-refractivity contribution < 1.29 is 0 Å². The van der Waals surface area contributed by atoms with Crippen LogP contribution in [0.15, 0.2) is 24.4 Å². The molecule has 3 heteroatoms. The molecule has 2 atom stereocenters. The Hall–Kier alpha value is -0.540. The quantitative estimate of drug-likeness (QED) is 0.775. The molecule has 0 fully saturated rings. The number of hydrogen-bond donors (Lipinski definition) is 1. The van der Waals surface area contributed by atoms with E-state index in [0.29, 0.717) is 5.25 Å². The fraction of sp³-hybridized carbons (Fsp3) is 0.444. The minimum absolute atomic E-state index is 0.148. The third-order valence-electron chi connectivity index (χ3n) is 1.71. The van der Waals surface area contributed by atoms with Gasteiger partial charge in [-0.3, -0.25) is 4.98 Å². The molecule has 0 aliphatic rings. The fourth-order valence-corrected chi connectivity index (χ4v) is 1.96. The van der Waals surface area contributed by atoms with Gasteiger partial charge in [-0.05, 0) is 25.3 Å². The van der Waals surface area contributed by atoms with Gasteiger partial charge < -0.3 is 5.73 Å². The Morgan fingerprint density at radius 1 is 1.50 bits per heavy atom. The van der Waals surface area contributed by atoms with E-state index in [1.165, 1.54) is 0 Å². The number of pyridine rings is 1. The van der Waals surface area contributed by atoms with Gasteiger partial charge in [-0.25, -0.2) is 0 Å². The molecule has 2 nitrogen and oxygen atoms in total. The van der Waals surface area contributed by atoms with E-state index in [9.17, 15) is 0 Å². The molecule has 0 aliphatic carbocycles. The van der Waals surface area contributed by atoms with Gasteiger partial charge in [-0.2, -0.15) is 11.8 Å². The molecular formula is C9H14N2S. The summed E-state index contributed by atoms with van der Waals surface area (Å²) >= 11 is 1.74. The van der Waals surface area contributed by atoms with Crippen LogP contribution >= 0.6 is 11.8 Å². The molecule has 0 aromatic carbocycles. The van der Waals surface area contributed by atoms with Crippen LogP contribution in [0, 0.1) is 0 Å². The number of nitrogens with two attached hydrogens (primary N) is 1. The molecule has 2 N–H and O–H groups in total. The Bertz CT molecular complexity index is 223. The molecule has 0 saturated heterocycles. The summed E-state index contributed by atoms with van der Waals surface area (Å²) in [4.78, 5) is 4.27. The molecule has 0 saturated carbocycles. The zero-order chi connectivity index (χ0) is 8.97. The van der Waals surface area contributed by atoms with Gasteiger partial charge in [0.25, 0.3) is 0 Å². The molecule has 2 unspecified atom stereocenters. The largest absolute Gasteiger partial charge is 0.327 e. The summed E-state index contributed by atoms with van der Waals surface area (Å²) in [6.07, 6.45) is 3.86. The Morgan fingerprint density at radius 3 is 2.67 bits per heavy atom. The van der Waals surface area contributed by atoms with Gasteiger partial charge in [0.1, 0.15) is 0 Å². The van der Waals surface area contributed by atoms with Crippen molar-refractivity contribution in [3.8, 4) is 0 Å². The monoisotopic (exact) mass is 182 g/mol. The van der Waals surface area contributed by atoms with Gasteiger partial charge in [0, 0.05) is 12.2 Å². The van der Waals surface area contributed by atoms with Crippen LogP contribution in [0.25, 0.3) is 0 Å². The van der Waals surface area contributed by atoms with E-state index in [2.05, 4.69) is 11.2 Å². The van der Waals surface area contributed by atoms with Crippen molar-refractivity contribution in [2.24, 2.45) is 5.73 Å². The van der Waals surface area contributed by atoms with Crippen molar-refractivity contribution in [1.82, 2.24) is 4.98 Å². The first kappa shape index (κ1) is 9.55. The topological polar surface area (TPSA) is 38.9 Å². The van der Waals surface area contributed by atoms with E-state index in [1.807, 2.05) is 25.1 Å². The van der Waals surface area contributed by atoms with E-state index in [-0.39, 0.29) is 6.04 Å². The van der Waals surface area contributed by atoms with Crippen LogP contribution in [-0.2, 0) is 0 Å². The van der Waals surface area contributed by atoms with Crippen LogP contribution in [0.4, 0.5) is 0 Å². The zero-order valence-electron chi connectivity index (χ0n) is 7.40. The molecule has 1 aromatic heterocycles. The van der Waals surface area contributed by atoms with E-state index in [0.717, 1.165) is 5.69 Å². The average molecular weight is 182 g/mol. The van der Waals surface area contributed by atoms with Crippen LogP contribution in [0.2, 0.25) is 0 Å². The summed E-state index contributed by atoms with van der Waals surface area (Å²) in [5.74, 6) is 0. The second-order valence-corrected chi connectivity index (χ2v) is 3.75. The van der Waals surface area contributed by atoms with Gasteiger partial charge in [0.2, 0.25) is 0 Å². The summed E-state index contributed by atoms with van der Waals surface area (Å²) in [6.45, 7) is 2.01. The number of rotatable bonds is 3. The summed E-state index contributed by atoms with van der Waals surface area (Å²) < 4.78 is 0. The Kier molecular flexibility index (Phi) is 3.56. The first-order valence-corrected chi connectivity index (χ1v) is 5.24. The lowest BCUT2D eigenvalue weighted by Crippen LogP contribution is -2.22. The summed E-state index contributed by atoms with van der Waals surface area (Å²) in [6, 6.07) is 6.08. The van der Waals surface area contributed by atoms with Crippen LogP contribution in [0.5, 0.6) is 0 Å². The fourth-order valence-electron chi connectivity index (χ4n) is 1.15.